The van der Waals surface area contributed by atoms with Gasteiger partial charge in [0.2, 0.25) is 0 Å². The molecule has 0 unspecified atom stereocenters. The summed E-state index contributed by atoms with van der Waals surface area (Å²) in [7, 11) is 0. The van der Waals surface area contributed by atoms with Gasteiger partial charge in [-0.3, -0.25) is 4.79 Å². The minimum absolute atomic E-state index is 0. The summed E-state index contributed by atoms with van der Waals surface area (Å²) in [5.41, 5.74) is 0.514. The van der Waals surface area contributed by atoms with Gasteiger partial charge in [0.1, 0.15) is 0 Å². The van der Waals surface area contributed by atoms with E-state index < -0.39 is 0 Å². The molecule has 0 spiro atoms. The monoisotopic (exact) mass is 240 g/mol. The molecule has 0 saturated carbocycles. The number of carbonyl (C=O) groups excluding carboxylic acids is 1. The largest absolute Gasteiger partial charge is 0.342 e. The second-order valence-electron chi connectivity index (χ2n) is 1.12. The molecule has 1 heterocycles. The van der Waals surface area contributed by atoms with Crippen molar-refractivity contribution >= 4 is 55.9 Å². The number of H-pyrrole nitrogens is 1. The Balaban J connectivity index is -0.0000000612. The van der Waals surface area contributed by atoms with E-state index in [1.54, 1.807) is 0 Å². The first-order valence-corrected chi connectivity index (χ1v) is 1.87. The quantitative estimate of drug-likeness (QED) is 0.764. The van der Waals surface area contributed by atoms with E-state index in [0.29, 0.717) is 12.0 Å². The molecule has 1 aromatic rings. The number of imidazole rings is 1. The molecule has 0 bridgehead atoms. The summed E-state index contributed by atoms with van der Waals surface area (Å²) in [6.07, 6.45) is 3.64. The predicted molar refractivity (Wildman–Crippen MR) is 53.0 cm³/mol. The molecule has 0 saturated heterocycles. The van der Waals surface area contributed by atoms with Crippen LogP contribution < -0.4 is 0 Å². The van der Waals surface area contributed by atoms with Crippen molar-refractivity contribution in [2.75, 3.05) is 0 Å². The Morgan fingerprint density at radius 1 is 1.27 bits per heavy atom. The Labute approximate surface area is 89.0 Å². The molecule has 0 amide bonds. The normalized spacial score (nSPS) is 5.45. The van der Waals surface area contributed by atoms with E-state index in [-0.39, 0.29) is 49.6 Å². The summed E-state index contributed by atoms with van der Waals surface area (Å²) in [6, 6.07) is 0. The summed E-state index contributed by atoms with van der Waals surface area (Å²) in [5.74, 6) is 0. The summed E-state index contributed by atoms with van der Waals surface area (Å²) < 4.78 is 0. The first-order valence-electron chi connectivity index (χ1n) is 1.87. The molecule has 0 atom stereocenters. The second-order valence-corrected chi connectivity index (χ2v) is 1.12. The number of hydrogen-bond donors (Lipinski definition) is 1. The minimum Gasteiger partial charge on any atom is -0.342 e. The van der Waals surface area contributed by atoms with Gasteiger partial charge in [0.25, 0.3) is 0 Å². The van der Waals surface area contributed by atoms with Crippen LogP contribution in [0.5, 0.6) is 0 Å². The number of rotatable bonds is 1. The lowest BCUT2D eigenvalue weighted by Gasteiger charge is -1.67. The number of nitrogens with one attached hydrogen (secondary N) is 1. The van der Waals surface area contributed by atoms with Crippen LogP contribution in [0.4, 0.5) is 0 Å². The molecule has 0 radical (unpaired) electrons. The van der Waals surface area contributed by atoms with Gasteiger partial charge in [-0.05, 0) is 0 Å². The van der Waals surface area contributed by atoms with Gasteiger partial charge in [0.05, 0.1) is 18.2 Å². The van der Waals surface area contributed by atoms with Gasteiger partial charge < -0.3 is 4.98 Å². The standard InChI is InChI=1S/C4H4N2O.4ClH/c7-2-4-1-5-3-6-4;;;;/h1-3H,(H,5,6);4*1H. The van der Waals surface area contributed by atoms with Crippen LogP contribution >= 0.6 is 49.6 Å². The fourth-order valence-electron chi connectivity index (χ4n) is 0.331. The summed E-state index contributed by atoms with van der Waals surface area (Å²) in [6.45, 7) is 0. The van der Waals surface area contributed by atoms with E-state index in [1.807, 2.05) is 0 Å². The Morgan fingerprint density at radius 2 is 1.82 bits per heavy atom. The zero-order chi connectivity index (χ0) is 5.11. The van der Waals surface area contributed by atoms with Crippen molar-refractivity contribution in [2.24, 2.45) is 0 Å². The van der Waals surface area contributed by atoms with Crippen LogP contribution in [-0.4, -0.2) is 16.3 Å². The maximum Gasteiger partial charge on any atom is 0.167 e. The maximum absolute atomic E-state index is 9.80. The van der Waals surface area contributed by atoms with Crippen LogP contribution in [0.3, 0.4) is 0 Å². The van der Waals surface area contributed by atoms with Crippen molar-refractivity contribution in [3.63, 3.8) is 0 Å². The molecular formula is C4H8Cl4N2O. The van der Waals surface area contributed by atoms with E-state index in [0.717, 1.165) is 0 Å². The fourth-order valence-corrected chi connectivity index (χ4v) is 0.331. The van der Waals surface area contributed by atoms with Crippen molar-refractivity contribution in [3.8, 4) is 0 Å². The van der Waals surface area contributed by atoms with Crippen LogP contribution in [0.15, 0.2) is 12.5 Å². The molecule has 1 N–H and O–H groups in total. The number of hydrogen-bond acceptors (Lipinski definition) is 2. The Morgan fingerprint density at radius 3 is 2.00 bits per heavy atom. The SMILES string of the molecule is Cl.Cl.Cl.Cl.O=Cc1cnc[nH]1. The van der Waals surface area contributed by atoms with Gasteiger partial charge in [-0.1, -0.05) is 0 Å². The molecule has 7 heteroatoms. The molecular weight excluding hydrogens is 234 g/mol. The van der Waals surface area contributed by atoms with Crippen LogP contribution in [0.1, 0.15) is 10.5 Å². The number of nitrogens with zero attached hydrogens (tertiary/aromatic N) is 1. The highest BCUT2D eigenvalue weighted by Crippen LogP contribution is 1.80. The average Bonchev–Trinajstić information content (AvgIpc) is 2.14. The van der Waals surface area contributed by atoms with Crippen molar-refractivity contribution in [1.82, 2.24) is 9.97 Å². The van der Waals surface area contributed by atoms with Crippen LogP contribution in [-0.2, 0) is 0 Å². The minimum atomic E-state index is 0. The van der Waals surface area contributed by atoms with Crippen molar-refractivity contribution in [3.05, 3.63) is 18.2 Å². The van der Waals surface area contributed by atoms with E-state index in [1.165, 1.54) is 12.5 Å². The molecule has 1 aromatic heterocycles. The number of carbonyl (C=O) groups is 1. The highest BCUT2D eigenvalue weighted by molar-refractivity contribution is 5.86. The first kappa shape index (κ1) is 22.5. The van der Waals surface area contributed by atoms with Crippen LogP contribution in [0, 0.1) is 0 Å². The number of aromatic amines is 1. The average molecular weight is 242 g/mol. The Bertz CT molecular complexity index is 155. The zero-order valence-electron chi connectivity index (χ0n) is 5.22. The number of halogens is 4. The fraction of sp³-hybridized carbons (Fsp3) is 0. The molecule has 68 valence electrons. The molecule has 3 nitrogen and oxygen atoms in total. The highest BCUT2D eigenvalue weighted by atomic mass is 35.5. The maximum atomic E-state index is 9.80. The molecule has 0 aliphatic rings. The van der Waals surface area contributed by atoms with Gasteiger partial charge >= 0.3 is 0 Å². The van der Waals surface area contributed by atoms with Gasteiger partial charge in [0.15, 0.2) is 6.29 Å². The van der Waals surface area contributed by atoms with Crippen LogP contribution in [0.25, 0.3) is 0 Å². The lowest BCUT2D eigenvalue weighted by Crippen LogP contribution is -1.72. The Hall–Kier alpha value is 0.0400. The molecule has 0 aliphatic carbocycles. The summed E-state index contributed by atoms with van der Waals surface area (Å²) in [5, 5.41) is 0. The van der Waals surface area contributed by atoms with Crippen molar-refractivity contribution in [1.29, 1.82) is 0 Å². The zero-order valence-corrected chi connectivity index (χ0v) is 8.49. The van der Waals surface area contributed by atoms with Gasteiger partial charge in [-0.2, -0.15) is 0 Å². The summed E-state index contributed by atoms with van der Waals surface area (Å²) >= 11 is 0. The van der Waals surface area contributed by atoms with E-state index in [4.69, 9.17) is 0 Å². The predicted octanol–water partition coefficient (Wildman–Crippen LogP) is 1.91. The van der Waals surface area contributed by atoms with Crippen molar-refractivity contribution < 1.29 is 4.79 Å². The smallest absolute Gasteiger partial charge is 0.167 e. The van der Waals surface area contributed by atoms with Crippen molar-refractivity contribution in [2.45, 2.75) is 0 Å². The van der Waals surface area contributed by atoms with E-state index >= 15 is 0 Å². The molecule has 0 aliphatic heterocycles. The topological polar surface area (TPSA) is 45.8 Å². The third-order valence-electron chi connectivity index (χ3n) is 0.646. The number of aromatic nitrogens is 2. The lowest BCUT2D eigenvalue weighted by molar-refractivity contribution is 0.111. The third kappa shape index (κ3) is 7.94. The second kappa shape index (κ2) is 12.7. The molecule has 0 fully saturated rings. The van der Waals surface area contributed by atoms with E-state index in [2.05, 4.69) is 9.97 Å². The summed E-state index contributed by atoms with van der Waals surface area (Å²) in [4.78, 5) is 16.0. The van der Waals surface area contributed by atoms with Gasteiger partial charge in [0, 0.05) is 0 Å². The number of aldehydes is 1. The first-order chi connectivity index (χ1) is 3.43. The highest BCUT2D eigenvalue weighted by Gasteiger charge is 1.82. The van der Waals surface area contributed by atoms with Gasteiger partial charge in [-0.25, -0.2) is 4.98 Å². The van der Waals surface area contributed by atoms with E-state index in [9.17, 15) is 4.79 Å². The Kier molecular flexibility index (Phi) is 25.9. The lowest BCUT2D eigenvalue weighted by atomic mass is 10.6. The third-order valence-corrected chi connectivity index (χ3v) is 0.646. The van der Waals surface area contributed by atoms with Gasteiger partial charge in [-0.15, -0.1) is 49.6 Å². The molecule has 1 rings (SSSR count). The molecule has 0 aromatic carbocycles. The van der Waals surface area contributed by atoms with Crippen LogP contribution in [0.2, 0.25) is 0 Å². The molecule has 11 heavy (non-hydrogen) atoms.